The molecule has 0 unspecified atom stereocenters. The van der Waals surface area contributed by atoms with Crippen LogP contribution in [-0.2, 0) is 0 Å². The van der Waals surface area contributed by atoms with Crippen LogP contribution in [0.1, 0.15) is 15.9 Å². The van der Waals surface area contributed by atoms with Crippen molar-refractivity contribution in [2.75, 3.05) is 0 Å². The van der Waals surface area contributed by atoms with E-state index >= 15 is 0 Å². The van der Waals surface area contributed by atoms with Crippen molar-refractivity contribution in [3.63, 3.8) is 0 Å². The lowest BCUT2D eigenvalue weighted by Gasteiger charge is -2.04. The molecule has 4 heteroatoms. The highest BCUT2D eigenvalue weighted by molar-refractivity contribution is 6.67. The SMILES string of the molecule is O=C(/C=C(\B(F)F)c1ccccc1)c1ccccc1. The van der Waals surface area contributed by atoms with E-state index in [0.717, 1.165) is 6.08 Å². The summed E-state index contributed by atoms with van der Waals surface area (Å²) in [7, 11) is -2.69. The van der Waals surface area contributed by atoms with Crippen molar-refractivity contribution in [2.24, 2.45) is 0 Å². The molecule has 0 bridgehead atoms. The van der Waals surface area contributed by atoms with Crippen LogP contribution in [-0.4, -0.2) is 13.1 Å². The predicted octanol–water partition coefficient (Wildman–Crippen LogP) is 3.92. The molecule has 0 saturated heterocycles. The Morgan fingerprint density at radius 3 is 1.79 bits per heavy atom. The summed E-state index contributed by atoms with van der Waals surface area (Å²) in [5.41, 5.74) is 0.507. The van der Waals surface area contributed by atoms with Gasteiger partial charge in [-0.15, -0.1) is 0 Å². The molecule has 1 nitrogen and oxygen atoms in total. The molecule has 2 rings (SSSR count). The van der Waals surface area contributed by atoms with Crippen LogP contribution in [0.2, 0.25) is 0 Å². The average Bonchev–Trinajstić information content (AvgIpc) is 2.46. The molecule has 2 aromatic carbocycles. The molecule has 0 N–H and O–H groups in total. The second-order valence-corrected chi connectivity index (χ2v) is 4.00. The van der Waals surface area contributed by atoms with Gasteiger partial charge in [-0.05, 0) is 11.6 Å². The molecule has 0 radical (unpaired) electrons. The fourth-order valence-corrected chi connectivity index (χ4v) is 1.73. The molecule has 0 aliphatic rings. The standard InChI is InChI=1S/C15H11BF2O/c17-16(18)14(12-7-3-1-4-8-12)11-15(19)13-9-5-2-6-10-13/h1-11H/b14-11-. The Bertz CT molecular complexity index is 580. The first-order chi connectivity index (χ1) is 9.18. The molecule has 19 heavy (non-hydrogen) atoms. The van der Waals surface area contributed by atoms with Crippen LogP contribution in [0.4, 0.5) is 8.63 Å². The number of ketones is 1. The zero-order chi connectivity index (χ0) is 13.7. The fourth-order valence-electron chi connectivity index (χ4n) is 1.73. The number of carbonyl (C=O) groups excluding carboxylic acids is 1. The van der Waals surface area contributed by atoms with E-state index in [1.165, 1.54) is 0 Å². The molecule has 0 amide bonds. The smallest absolute Gasteiger partial charge is 0.289 e. The normalized spacial score (nSPS) is 11.2. The molecular formula is C15H11BF2O. The number of benzene rings is 2. The molecule has 0 atom stereocenters. The summed E-state index contributed by atoms with van der Waals surface area (Å²) < 4.78 is 26.1. The molecule has 2 aromatic rings. The quantitative estimate of drug-likeness (QED) is 0.460. The number of rotatable bonds is 4. The van der Waals surface area contributed by atoms with E-state index in [1.54, 1.807) is 60.7 Å². The Labute approximate surface area is 110 Å². The number of carbonyl (C=O) groups is 1. The third kappa shape index (κ3) is 3.38. The lowest BCUT2D eigenvalue weighted by molar-refractivity contribution is 0.104. The highest BCUT2D eigenvalue weighted by atomic mass is 19.2. The van der Waals surface area contributed by atoms with Crippen molar-refractivity contribution in [2.45, 2.75) is 0 Å². The van der Waals surface area contributed by atoms with Crippen molar-refractivity contribution in [3.8, 4) is 0 Å². The van der Waals surface area contributed by atoms with Gasteiger partial charge in [-0.2, -0.15) is 0 Å². The van der Waals surface area contributed by atoms with Crippen LogP contribution in [0.15, 0.2) is 66.7 Å². The van der Waals surface area contributed by atoms with Gasteiger partial charge in [-0.3, -0.25) is 13.4 Å². The van der Waals surface area contributed by atoms with Crippen molar-refractivity contribution < 1.29 is 13.4 Å². The Hall–Kier alpha value is -2.23. The summed E-state index contributed by atoms with van der Waals surface area (Å²) in [4.78, 5) is 11.9. The van der Waals surface area contributed by atoms with Gasteiger partial charge in [0.25, 0.3) is 0 Å². The molecule has 0 aliphatic heterocycles. The minimum Gasteiger partial charge on any atom is -0.289 e. The Morgan fingerprint density at radius 2 is 1.32 bits per heavy atom. The van der Waals surface area contributed by atoms with Crippen LogP contribution in [0.25, 0.3) is 5.47 Å². The van der Waals surface area contributed by atoms with Crippen molar-refractivity contribution in [1.82, 2.24) is 0 Å². The number of hydrogen-bond donors (Lipinski definition) is 0. The molecule has 94 valence electrons. The zero-order valence-electron chi connectivity index (χ0n) is 10.1. The van der Waals surface area contributed by atoms with Crippen LogP contribution in [0, 0.1) is 0 Å². The molecule has 0 aromatic heterocycles. The monoisotopic (exact) mass is 256 g/mol. The van der Waals surface area contributed by atoms with Gasteiger partial charge in [0, 0.05) is 11.0 Å². The Kier molecular flexibility index (Phi) is 4.24. The van der Waals surface area contributed by atoms with E-state index < -0.39 is 13.1 Å². The van der Waals surface area contributed by atoms with E-state index in [-0.39, 0.29) is 5.47 Å². The molecule has 0 spiro atoms. The molecular weight excluding hydrogens is 245 g/mol. The Balaban J connectivity index is 2.35. The molecule has 0 aliphatic carbocycles. The van der Waals surface area contributed by atoms with E-state index in [2.05, 4.69) is 0 Å². The maximum atomic E-state index is 13.0. The lowest BCUT2D eigenvalue weighted by atomic mass is 9.79. The molecule has 0 fully saturated rings. The predicted molar refractivity (Wildman–Crippen MR) is 73.2 cm³/mol. The first-order valence-corrected chi connectivity index (χ1v) is 5.83. The summed E-state index contributed by atoms with van der Waals surface area (Å²) in [5.74, 6) is -0.417. The minimum atomic E-state index is -2.69. The van der Waals surface area contributed by atoms with E-state index in [4.69, 9.17) is 0 Å². The topological polar surface area (TPSA) is 17.1 Å². The summed E-state index contributed by atoms with van der Waals surface area (Å²) in [5, 5.41) is 0. The van der Waals surface area contributed by atoms with Gasteiger partial charge < -0.3 is 0 Å². The van der Waals surface area contributed by atoms with Crippen molar-refractivity contribution in [3.05, 3.63) is 77.9 Å². The van der Waals surface area contributed by atoms with Gasteiger partial charge in [-0.1, -0.05) is 60.7 Å². The second-order valence-electron chi connectivity index (χ2n) is 4.00. The van der Waals surface area contributed by atoms with Crippen LogP contribution >= 0.6 is 0 Å². The maximum absolute atomic E-state index is 13.0. The first kappa shape index (κ1) is 13.2. The van der Waals surface area contributed by atoms with Gasteiger partial charge in [0.2, 0.25) is 0 Å². The van der Waals surface area contributed by atoms with E-state index in [0.29, 0.717) is 11.1 Å². The van der Waals surface area contributed by atoms with Crippen LogP contribution in [0.3, 0.4) is 0 Å². The van der Waals surface area contributed by atoms with Gasteiger partial charge in [0.05, 0.1) is 0 Å². The summed E-state index contributed by atoms with van der Waals surface area (Å²) in [6, 6.07) is 16.6. The third-order valence-corrected chi connectivity index (χ3v) is 2.69. The van der Waals surface area contributed by atoms with Crippen molar-refractivity contribution >= 4 is 18.5 Å². The highest BCUT2D eigenvalue weighted by Crippen LogP contribution is 2.20. The number of hydrogen-bond acceptors (Lipinski definition) is 1. The van der Waals surface area contributed by atoms with E-state index in [9.17, 15) is 13.4 Å². The second kappa shape index (κ2) is 6.09. The van der Waals surface area contributed by atoms with E-state index in [1.807, 2.05) is 0 Å². The third-order valence-electron chi connectivity index (χ3n) is 2.69. The summed E-state index contributed by atoms with van der Waals surface area (Å²) in [6.45, 7) is 0. The summed E-state index contributed by atoms with van der Waals surface area (Å²) >= 11 is 0. The van der Waals surface area contributed by atoms with Gasteiger partial charge >= 0.3 is 7.27 Å². The largest absolute Gasteiger partial charge is 0.572 e. The average molecular weight is 256 g/mol. The zero-order valence-corrected chi connectivity index (χ0v) is 10.1. The minimum absolute atomic E-state index is 0.255. The van der Waals surface area contributed by atoms with Crippen LogP contribution < -0.4 is 0 Å². The van der Waals surface area contributed by atoms with Crippen LogP contribution in [0.5, 0.6) is 0 Å². The number of allylic oxidation sites excluding steroid dienone is 1. The lowest BCUT2D eigenvalue weighted by Crippen LogP contribution is -2.05. The fraction of sp³-hybridized carbons (Fsp3) is 0. The van der Waals surface area contributed by atoms with Gasteiger partial charge in [-0.25, -0.2) is 0 Å². The van der Waals surface area contributed by atoms with Gasteiger partial charge in [0.1, 0.15) is 0 Å². The first-order valence-electron chi connectivity index (χ1n) is 5.83. The Morgan fingerprint density at radius 1 is 0.842 bits per heavy atom. The van der Waals surface area contributed by atoms with Crippen molar-refractivity contribution in [1.29, 1.82) is 0 Å². The maximum Gasteiger partial charge on any atom is 0.572 e. The highest BCUT2D eigenvalue weighted by Gasteiger charge is 2.22. The summed E-state index contributed by atoms with van der Waals surface area (Å²) in [6.07, 6.45) is 1.01. The van der Waals surface area contributed by atoms with Gasteiger partial charge in [0.15, 0.2) is 5.78 Å². The molecule has 0 heterocycles. The number of halogens is 2. The molecule has 0 saturated carbocycles.